The molecule has 1 aliphatic rings. The zero-order valence-corrected chi connectivity index (χ0v) is 15.5. The molecule has 0 radical (unpaired) electrons. The lowest BCUT2D eigenvalue weighted by Gasteiger charge is -2.27. The largest absolute Gasteiger partial charge is 0.353 e. The number of halogens is 1. The Balaban J connectivity index is 1.83. The molecule has 1 fully saturated rings. The average Bonchev–Trinajstić information content (AvgIpc) is 2.67. The van der Waals surface area contributed by atoms with E-state index in [0.29, 0.717) is 18.7 Å². The van der Waals surface area contributed by atoms with E-state index in [4.69, 9.17) is 4.98 Å². The van der Waals surface area contributed by atoms with Gasteiger partial charge in [-0.1, -0.05) is 46.3 Å². The second-order valence-electron chi connectivity index (χ2n) is 6.16. The summed E-state index contributed by atoms with van der Waals surface area (Å²) in [5.74, 6) is -0.270. The van der Waals surface area contributed by atoms with Crippen LogP contribution in [0.5, 0.6) is 0 Å². The van der Waals surface area contributed by atoms with Crippen molar-refractivity contribution < 1.29 is 9.59 Å². The summed E-state index contributed by atoms with van der Waals surface area (Å²) in [4.78, 5) is 31.1. The Labute approximate surface area is 159 Å². The van der Waals surface area contributed by atoms with Crippen molar-refractivity contribution in [3.8, 4) is 11.3 Å². The topological polar surface area (TPSA) is 62.3 Å². The van der Waals surface area contributed by atoms with E-state index in [2.05, 4.69) is 21.2 Å². The Hall–Kier alpha value is -2.73. The maximum Gasteiger partial charge on any atom is 0.255 e. The van der Waals surface area contributed by atoms with Gasteiger partial charge in [0, 0.05) is 28.5 Å². The van der Waals surface area contributed by atoms with E-state index < -0.39 is 0 Å². The van der Waals surface area contributed by atoms with Gasteiger partial charge in [0.2, 0.25) is 5.91 Å². The van der Waals surface area contributed by atoms with Crippen LogP contribution in [0.3, 0.4) is 0 Å². The fraction of sp³-hybridized carbons (Fsp3) is 0.150. The van der Waals surface area contributed by atoms with Crippen LogP contribution in [-0.4, -0.2) is 41.3 Å². The highest BCUT2D eigenvalue weighted by Crippen LogP contribution is 2.27. The van der Waals surface area contributed by atoms with Gasteiger partial charge in [0.1, 0.15) is 0 Å². The number of hydrogen-bond donors (Lipinski definition) is 1. The highest BCUT2D eigenvalue weighted by molar-refractivity contribution is 9.10. The number of pyridine rings is 1. The van der Waals surface area contributed by atoms with Gasteiger partial charge in [0.25, 0.3) is 5.91 Å². The highest BCUT2D eigenvalue weighted by Gasteiger charge is 2.24. The first-order valence-electron chi connectivity index (χ1n) is 8.33. The van der Waals surface area contributed by atoms with Gasteiger partial charge < -0.3 is 10.2 Å². The SMILES string of the molecule is O=C1CN(C(=O)c2cc(-c3ccc(Br)cc3)nc3ccccc23)CCN1. The van der Waals surface area contributed by atoms with Gasteiger partial charge in [0.05, 0.1) is 23.3 Å². The predicted molar refractivity (Wildman–Crippen MR) is 104 cm³/mol. The van der Waals surface area contributed by atoms with Crippen molar-refractivity contribution in [3.63, 3.8) is 0 Å². The summed E-state index contributed by atoms with van der Waals surface area (Å²) in [6.45, 7) is 1.07. The van der Waals surface area contributed by atoms with Crippen molar-refractivity contribution in [2.24, 2.45) is 0 Å². The summed E-state index contributed by atoms with van der Waals surface area (Å²) in [6, 6.07) is 17.2. The van der Waals surface area contributed by atoms with Crippen LogP contribution < -0.4 is 5.32 Å². The molecule has 2 heterocycles. The Morgan fingerprint density at radius 2 is 1.88 bits per heavy atom. The molecule has 0 unspecified atom stereocenters. The Bertz CT molecular complexity index is 1000. The van der Waals surface area contributed by atoms with Crippen LogP contribution in [0.2, 0.25) is 0 Å². The first-order chi connectivity index (χ1) is 12.6. The molecule has 1 aliphatic heterocycles. The normalized spacial score (nSPS) is 14.3. The molecule has 130 valence electrons. The van der Waals surface area contributed by atoms with Crippen molar-refractivity contribution in [2.75, 3.05) is 19.6 Å². The molecule has 2 amide bonds. The smallest absolute Gasteiger partial charge is 0.255 e. The van der Waals surface area contributed by atoms with Crippen molar-refractivity contribution in [3.05, 3.63) is 64.6 Å². The van der Waals surface area contributed by atoms with Gasteiger partial charge in [-0.2, -0.15) is 0 Å². The lowest BCUT2D eigenvalue weighted by molar-refractivity contribution is -0.123. The Morgan fingerprint density at radius 3 is 2.65 bits per heavy atom. The minimum atomic E-state index is -0.142. The Kier molecular flexibility index (Phi) is 4.42. The number of rotatable bonds is 2. The number of aromatic nitrogens is 1. The number of carbonyl (C=O) groups excluding carboxylic acids is 2. The van der Waals surface area contributed by atoms with Gasteiger partial charge in [-0.3, -0.25) is 9.59 Å². The van der Waals surface area contributed by atoms with Crippen molar-refractivity contribution in [1.29, 1.82) is 0 Å². The zero-order chi connectivity index (χ0) is 18.1. The van der Waals surface area contributed by atoms with Crippen LogP contribution in [0.4, 0.5) is 0 Å². The molecule has 4 rings (SSSR count). The minimum absolute atomic E-state index is 0.0864. The van der Waals surface area contributed by atoms with Gasteiger partial charge in [-0.15, -0.1) is 0 Å². The highest BCUT2D eigenvalue weighted by atomic mass is 79.9. The molecule has 0 atom stereocenters. The second kappa shape index (κ2) is 6.88. The van der Waals surface area contributed by atoms with Crippen LogP contribution in [0.1, 0.15) is 10.4 Å². The maximum atomic E-state index is 13.1. The standard InChI is InChI=1S/C20H16BrN3O2/c21-14-7-5-13(6-8-14)18-11-16(15-3-1-2-4-17(15)23-18)20(26)24-10-9-22-19(25)12-24/h1-8,11H,9-10,12H2,(H,22,25). The number of benzene rings is 2. The van der Waals surface area contributed by atoms with Crippen LogP contribution >= 0.6 is 15.9 Å². The molecule has 1 N–H and O–H groups in total. The van der Waals surface area contributed by atoms with Crippen molar-refractivity contribution in [1.82, 2.24) is 15.2 Å². The summed E-state index contributed by atoms with van der Waals surface area (Å²) in [6.07, 6.45) is 0. The monoisotopic (exact) mass is 409 g/mol. The Morgan fingerprint density at radius 1 is 1.12 bits per heavy atom. The van der Waals surface area contributed by atoms with Gasteiger partial charge in [-0.25, -0.2) is 4.98 Å². The van der Waals surface area contributed by atoms with Crippen LogP contribution in [0.15, 0.2) is 59.1 Å². The first-order valence-corrected chi connectivity index (χ1v) is 9.13. The predicted octanol–water partition coefficient (Wildman–Crippen LogP) is 3.24. The molecular formula is C20H16BrN3O2. The number of nitrogens with zero attached hydrogens (tertiary/aromatic N) is 2. The summed E-state index contributed by atoms with van der Waals surface area (Å²) in [7, 11) is 0. The first kappa shape index (κ1) is 16.7. The lowest BCUT2D eigenvalue weighted by Crippen LogP contribution is -2.50. The number of amides is 2. The second-order valence-corrected chi connectivity index (χ2v) is 7.07. The molecule has 5 nitrogen and oxygen atoms in total. The molecule has 0 spiro atoms. The lowest BCUT2D eigenvalue weighted by atomic mass is 10.0. The quantitative estimate of drug-likeness (QED) is 0.706. The number of nitrogens with one attached hydrogen (secondary N) is 1. The number of para-hydroxylation sites is 1. The zero-order valence-electron chi connectivity index (χ0n) is 13.9. The molecule has 6 heteroatoms. The summed E-state index contributed by atoms with van der Waals surface area (Å²) in [5, 5.41) is 3.54. The third kappa shape index (κ3) is 3.20. The van der Waals surface area contributed by atoms with Gasteiger partial charge >= 0.3 is 0 Å². The third-order valence-electron chi connectivity index (χ3n) is 4.41. The maximum absolute atomic E-state index is 13.1. The van der Waals surface area contributed by atoms with E-state index in [1.807, 2.05) is 54.6 Å². The average molecular weight is 410 g/mol. The van der Waals surface area contributed by atoms with Crippen molar-refractivity contribution >= 4 is 38.6 Å². The molecular weight excluding hydrogens is 394 g/mol. The number of piperazine rings is 1. The van der Waals surface area contributed by atoms with Crippen LogP contribution in [-0.2, 0) is 4.79 Å². The molecule has 0 bridgehead atoms. The molecule has 2 aromatic carbocycles. The molecule has 0 aliphatic carbocycles. The van der Waals surface area contributed by atoms with E-state index in [0.717, 1.165) is 26.6 Å². The van der Waals surface area contributed by atoms with E-state index >= 15 is 0 Å². The van der Waals surface area contributed by atoms with E-state index in [1.54, 1.807) is 4.90 Å². The molecule has 1 aromatic heterocycles. The fourth-order valence-corrected chi connectivity index (χ4v) is 3.37. The summed E-state index contributed by atoms with van der Waals surface area (Å²) < 4.78 is 0.984. The summed E-state index contributed by atoms with van der Waals surface area (Å²) in [5.41, 5.74) is 3.01. The molecule has 3 aromatic rings. The number of hydrogen-bond acceptors (Lipinski definition) is 3. The number of carbonyl (C=O) groups is 2. The van der Waals surface area contributed by atoms with Crippen LogP contribution in [0.25, 0.3) is 22.2 Å². The minimum Gasteiger partial charge on any atom is -0.353 e. The fourth-order valence-electron chi connectivity index (χ4n) is 3.10. The molecule has 0 saturated carbocycles. The van der Waals surface area contributed by atoms with Crippen molar-refractivity contribution in [2.45, 2.75) is 0 Å². The molecule has 26 heavy (non-hydrogen) atoms. The number of fused-ring (bicyclic) bond motifs is 1. The van der Waals surface area contributed by atoms with E-state index in [9.17, 15) is 9.59 Å². The van der Waals surface area contributed by atoms with Crippen LogP contribution in [0, 0.1) is 0 Å². The van der Waals surface area contributed by atoms with E-state index in [-0.39, 0.29) is 18.4 Å². The van der Waals surface area contributed by atoms with Gasteiger partial charge in [0.15, 0.2) is 0 Å². The summed E-state index contributed by atoms with van der Waals surface area (Å²) >= 11 is 3.43. The molecule has 1 saturated heterocycles. The van der Waals surface area contributed by atoms with Gasteiger partial charge in [-0.05, 0) is 24.3 Å². The third-order valence-corrected chi connectivity index (χ3v) is 4.94. The van der Waals surface area contributed by atoms with E-state index in [1.165, 1.54) is 0 Å².